The minimum atomic E-state index is 0.272. The molecule has 1 aromatic heterocycles. The fraction of sp³-hybridized carbons (Fsp3) is 0.500. The first kappa shape index (κ1) is 12.4. The molecule has 1 aliphatic carbocycles. The number of carbonyl (C=O) groups is 1. The van der Waals surface area contributed by atoms with Gasteiger partial charge in [-0.05, 0) is 25.0 Å². The number of rotatable bonds is 3. The van der Waals surface area contributed by atoms with Crippen molar-refractivity contribution in [1.29, 1.82) is 0 Å². The molecule has 19 heavy (non-hydrogen) atoms. The summed E-state index contributed by atoms with van der Waals surface area (Å²) in [6.45, 7) is 0. The van der Waals surface area contributed by atoms with E-state index in [1.54, 1.807) is 0 Å². The minimum Gasteiger partial charge on any atom is -0.331 e. The Kier molecular flexibility index (Phi) is 3.36. The van der Waals surface area contributed by atoms with E-state index in [0.29, 0.717) is 12.2 Å². The van der Waals surface area contributed by atoms with Gasteiger partial charge in [0.1, 0.15) is 11.6 Å². The molecule has 1 saturated carbocycles. The molecule has 0 amide bonds. The molecule has 1 aliphatic rings. The van der Waals surface area contributed by atoms with Gasteiger partial charge >= 0.3 is 0 Å². The van der Waals surface area contributed by atoms with Gasteiger partial charge in [0, 0.05) is 13.0 Å². The molecule has 1 aromatic carbocycles. The van der Waals surface area contributed by atoms with Gasteiger partial charge in [0.15, 0.2) is 0 Å². The molecule has 0 N–H and O–H groups in total. The highest BCUT2D eigenvalue weighted by Crippen LogP contribution is 2.25. The van der Waals surface area contributed by atoms with Crippen LogP contribution in [0.4, 0.5) is 0 Å². The van der Waals surface area contributed by atoms with Crippen molar-refractivity contribution in [2.45, 2.75) is 38.5 Å². The molecule has 0 spiro atoms. The topological polar surface area (TPSA) is 34.9 Å². The van der Waals surface area contributed by atoms with Gasteiger partial charge in [-0.15, -0.1) is 0 Å². The van der Waals surface area contributed by atoms with Crippen molar-refractivity contribution in [3.63, 3.8) is 0 Å². The number of aromatic nitrogens is 2. The number of ketones is 1. The maximum absolute atomic E-state index is 12.3. The number of carbonyl (C=O) groups excluding carboxylic acids is 1. The number of aryl methyl sites for hydroxylation is 1. The molecule has 100 valence electrons. The Morgan fingerprint density at radius 3 is 2.74 bits per heavy atom. The second-order valence-corrected chi connectivity index (χ2v) is 5.55. The smallest absolute Gasteiger partial charge is 0.143 e. The molecular formula is C16H20N2O. The predicted molar refractivity (Wildman–Crippen MR) is 76.0 cm³/mol. The largest absolute Gasteiger partial charge is 0.331 e. The fourth-order valence-corrected chi connectivity index (χ4v) is 3.08. The highest BCUT2D eigenvalue weighted by Gasteiger charge is 2.22. The van der Waals surface area contributed by atoms with Crippen LogP contribution < -0.4 is 0 Å². The summed E-state index contributed by atoms with van der Waals surface area (Å²) in [5, 5.41) is 0. The number of nitrogens with zero attached hydrogens (tertiary/aromatic N) is 2. The number of imidazole rings is 1. The number of hydrogen-bond acceptors (Lipinski definition) is 2. The lowest BCUT2D eigenvalue weighted by Gasteiger charge is -2.19. The van der Waals surface area contributed by atoms with Crippen molar-refractivity contribution in [2.24, 2.45) is 13.0 Å². The van der Waals surface area contributed by atoms with Crippen LogP contribution in [0.1, 0.15) is 37.9 Å². The molecular weight excluding hydrogens is 236 g/mol. The summed E-state index contributed by atoms with van der Waals surface area (Å²) in [5.74, 6) is 1.54. The van der Waals surface area contributed by atoms with Crippen LogP contribution in [-0.4, -0.2) is 15.3 Å². The van der Waals surface area contributed by atoms with Crippen LogP contribution in [0, 0.1) is 5.92 Å². The van der Waals surface area contributed by atoms with Gasteiger partial charge in [-0.1, -0.05) is 31.4 Å². The molecule has 3 nitrogen and oxygen atoms in total. The Morgan fingerprint density at radius 1 is 1.26 bits per heavy atom. The van der Waals surface area contributed by atoms with Gasteiger partial charge in [0.25, 0.3) is 0 Å². The first-order chi connectivity index (χ1) is 9.25. The summed E-state index contributed by atoms with van der Waals surface area (Å²) in [6, 6.07) is 8.06. The average Bonchev–Trinajstić information content (AvgIpc) is 2.77. The van der Waals surface area contributed by atoms with Crippen LogP contribution in [0.15, 0.2) is 24.3 Å². The maximum atomic E-state index is 12.3. The highest BCUT2D eigenvalue weighted by atomic mass is 16.1. The van der Waals surface area contributed by atoms with Crippen LogP contribution in [0.25, 0.3) is 11.0 Å². The van der Waals surface area contributed by atoms with E-state index < -0.39 is 0 Å². The van der Waals surface area contributed by atoms with E-state index in [9.17, 15) is 4.79 Å². The summed E-state index contributed by atoms with van der Waals surface area (Å²) >= 11 is 0. The zero-order chi connectivity index (χ0) is 13.2. The first-order valence-electron chi connectivity index (χ1n) is 7.19. The van der Waals surface area contributed by atoms with Crippen molar-refractivity contribution in [2.75, 3.05) is 0 Å². The SMILES string of the molecule is Cn1c(CC(=O)C2CCCCC2)nc2ccccc21. The van der Waals surface area contributed by atoms with E-state index in [4.69, 9.17) is 0 Å². The quantitative estimate of drug-likeness (QED) is 0.844. The van der Waals surface area contributed by atoms with Gasteiger partial charge in [-0.3, -0.25) is 4.79 Å². The Balaban J connectivity index is 1.81. The predicted octanol–water partition coefficient (Wildman–Crippen LogP) is 3.27. The first-order valence-corrected chi connectivity index (χ1v) is 7.19. The van der Waals surface area contributed by atoms with Gasteiger partial charge in [-0.25, -0.2) is 4.98 Å². The molecule has 0 aliphatic heterocycles. The molecule has 0 atom stereocenters. The minimum absolute atomic E-state index is 0.272. The number of para-hydroxylation sites is 2. The maximum Gasteiger partial charge on any atom is 0.143 e. The molecule has 0 bridgehead atoms. The summed E-state index contributed by atoms with van der Waals surface area (Å²) in [4.78, 5) is 16.9. The van der Waals surface area contributed by atoms with Gasteiger partial charge in [0.05, 0.1) is 17.5 Å². The van der Waals surface area contributed by atoms with E-state index in [1.165, 1.54) is 19.3 Å². The van der Waals surface area contributed by atoms with Crippen molar-refractivity contribution in [1.82, 2.24) is 9.55 Å². The van der Waals surface area contributed by atoms with Crippen LogP contribution in [0.5, 0.6) is 0 Å². The van der Waals surface area contributed by atoms with E-state index in [0.717, 1.165) is 29.7 Å². The highest BCUT2D eigenvalue weighted by molar-refractivity contribution is 5.84. The average molecular weight is 256 g/mol. The van der Waals surface area contributed by atoms with E-state index >= 15 is 0 Å². The molecule has 1 fully saturated rings. The molecule has 0 saturated heterocycles. The monoisotopic (exact) mass is 256 g/mol. The second kappa shape index (κ2) is 5.16. The van der Waals surface area contributed by atoms with Crippen LogP contribution in [0.3, 0.4) is 0 Å². The van der Waals surface area contributed by atoms with Gasteiger partial charge < -0.3 is 4.57 Å². The Labute approximate surface area is 113 Å². The Bertz CT molecular complexity index is 594. The molecule has 3 rings (SSSR count). The summed E-state index contributed by atoms with van der Waals surface area (Å²) in [5.41, 5.74) is 2.09. The Hall–Kier alpha value is -1.64. The van der Waals surface area contributed by atoms with Crippen molar-refractivity contribution in [3.05, 3.63) is 30.1 Å². The van der Waals surface area contributed by atoms with Crippen LogP contribution in [0.2, 0.25) is 0 Å². The van der Waals surface area contributed by atoms with Crippen LogP contribution >= 0.6 is 0 Å². The molecule has 1 heterocycles. The summed E-state index contributed by atoms with van der Waals surface area (Å²) in [7, 11) is 2.00. The van der Waals surface area contributed by atoms with Gasteiger partial charge in [0.2, 0.25) is 0 Å². The van der Waals surface area contributed by atoms with Crippen molar-refractivity contribution in [3.8, 4) is 0 Å². The summed E-state index contributed by atoms with van der Waals surface area (Å²) in [6.07, 6.45) is 6.33. The molecule has 0 unspecified atom stereocenters. The third-order valence-corrected chi connectivity index (χ3v) is 4.27. The molecule has 0 radical (unpaired) electrons. The van der Waals surface area contributed by atoms with E-state index in [-0.39, 0.29) is 5.92 Å². The lowest BCUT2D eigenvalue weighted by molar-refractivity contribution is -0.123. The van der Waals surface area contributed by atoms with E-state index in [2.05, 4.69) is 15.6 Å². The number of benzene rings is 1. The fourth-order valence-electron chi connectivity index (χ4n) is 3.08. The number of Topliss-reactive ketones (excluding diaryl/α,β-unsaturated/α-hetero) is 1. The zero-order valence-electron chi connectivity index (χ0n) is 11.4. The van der Waals surface area contributed by atoms with Crippen LogP contribution in [-0.2, 0) is 18.3 Å². The van der Waals surface area contributed by atoms with E-state index in [1.807, 2.05) is 25.2 Å². The number of hydrogen-bond donors (Lipinski definition) is 0. The van der Waals surface area contributed by atoms with Gasteiger partial charge in [-0.2, -0.15) is 0 Å². The van der Waals surface area contributed by atoms with Crippen molar-refractivity contribution < 1.29 is 4.79 Å². The second-order valence-electron chi connectivity index (χ2n) is 5.55. The zero-order valence-corrected chi connectivity index (χ0v) is 11.4. The lowest BCUT2D eigenvalue weighted by atomic mass is 9.85. The third-order valence-electron chi connectivity index (χ3n) is 4.27. The third kappa shape index (κ3) is 2.42. The summed E-state index contributed by atoms with van der Waals surface area (Å²) < 4.78 is 2.05. The molecule has 2 aromatic rings. The Morgan fingerprint density at radius 2 is 2.00 bits per heavy atom. The standard InChI is InChI=1S/C16H20N2O/c1-18-14-10-6-5-9-13(14)17-16(18)11-15(19)12-7-3-2-4-8-12/h5-6,9-10,12H,2-4,7-8,11H2,1H3. The lowest BCUT2D eigenvalue weighted by Crippen LogP contribution is -2.21. The number of fused-ring (bicyclic) bond motifs is 1. The van der Waals surface area contributed by atoms with Crippen molar-refractivity contribution >= 4 is 16.8 Å². The normalized spacial score (nSPS) is 16.9. The molecule has 3 heteroatoms.